The number of hydrogen-bond acceptors (Lipinski definition) is 3. The monoisotopic (exact) mass is 449 g/mol. The number of hydrogen-bond donors (Lipinski definition) is 2. The number of fused-ring (bicyclic) bond motifs is 3. The smallest absolute Gasteiger partial charge is 0.233 e. The van der Waals surface area contributed by atoms with Gasteiger partial charge in [0.15, 0.2) is 0 Å². The van der Waals surface area contributed by atoms with Gasteiger partial charge in [-0.25, -0.2) is 0 Å². The zero-order valence-electron chi connectivity index (χ0n) is 19.9. The number of aryl methyl sites for hydroxylation is 2. The molecule has 1 atom stereocenters. The summed E-state index contributed by atoms with van der Waals surface area (Å²) in [5, 5.41) is 1.22. The van der Waals surface area contributed by atoms with Crippen molar-refractivity contribution in [2.24, 2.45) is 5.73 Å². The van der Waals surface area contributed by atoms with E-state index in [1.54, 1.807) is 11.3 Å². The molecule has 4 nitrogen and oxygen atoms in total. The van der Waals surface area contributed by atoms with E-state index in [2.05, 4.69) is 68.8 Å². The molecule has 5 rings (SSSR count). The number of rotatable bonds is 5. The maximum absolute atomic E-state index is 13.7. The van der Waals surface area contributed by atoms with E-state index in [9.17, 15) is 4.79 Å². The Balaban J connectivity index is 1.58. The molecule has 2 aliphatic heterocycles. The summed E-state index contributed by atoms with van der Waals surface area (Å²) in [6.45, 7) is 11.3. The van der Waals surface area contributed by atoms with Crippen LogP contribution in [0.15, 0.2) is 24.3 Å². The number of nitrogens with two attached hydrogens (primary N) is 1. The minimum atomic E-state index is -0.515. The van der Waals surface area contributed by atoms with Gasteiger partial charge in [-0.1, -0.05) is 24.1 Å². The lowest BCUT2D eigenvalue weighted by Crippen LogP contribution is -2.45. The van der Waals surface area contributed by atoms with Gasteiger partial charge in [0.2, 0.25) is 5.91 Å². The molecule has 2 saturated heterocycles. The molecule has 2 bridgehead atoms. The van der Waals surface area contributed by atoms with Gasteiger partial charge in [-0.15, -0.1) is 11.3 Å². The molecule has 1 aromatic carbocycles. The fourth-order valence-electron chi connectivity index (χ4n) is 5.96. The third kappa shape index (κ3) is 3.32. The van der Waals surface area contributed by atoms with Gasteiger partial charge in [-0.3, -0.25) is 4.79 Å². The highest BCUT2D eigenvalue weighted by Gasteiger charge is 2.47. The zero-order chi connectivity index (χ0) is 22.8. The molecule has 32 heavy (non-hydrogen) atoms. The van der Waals surface area contributed by atoms with Crippen molar-refractivity contribution >= 4 is 27.5 Å². The van der Waals surface area contributed by atoms with E-state index in [1.165, 1.54) is 59.0 Å². The van der Waals surface area contributed by atoms with Crippen molar-refractivity contribution in [1.82, 2.24) is 9.88 Å². The minimum absolute atomic E-state index is 0.232. The van der Waals surface area contributed by atoms with Gasteiger partial charge in [0, 0.05) is 22.3 Å². The lowest BCUT2D eigenvalue weighted by atomic mass is 9.88. The molecule has 5 heteroatoms. The summed E-state index contributed by atoms with van der Waals surface area (Å²) in [7, 11) is 0. The molecule has 3 aromatic rings. The van der Waals surface area contributed by atoms with Crippen molar-refractivity contribution in [2.45, 2.75) is 83.7 Å². The topological polar surface area (TPSA) is 62.1 Å². The number of H-pyrrole nitrogens is 1. The highest BCUT2D eigenvalue weighted by Crippen LogP contribution is 2.45. The average Bonchev–Trinajstić information content (AvgIpc) is 3.50. The summed E-state index contributed by atoms with van der Waals surface area (Å²) < 4.78 is 0. The summed E-state index contributed by atoms with van der Waals surface area (Å²) in [6, 6.07) is 9.87. The Bertz CT molecular complexity index is 1150. The molecule has 0 saturated carbocycles. The van der Waals surface area contributed by atoms with Crippen LogP contribution in [0.4, 0.5) is 0 Å². The second-order valence-corrected chi connectivity index (χ2v) is 11.6. The molecular weight excluding hydrogens is 414 g/mol. The first-order chi connectivity index (χ1) is 15.2. The van der Waals surface area contributed by atoms with Crippen LogP contribution in [0.1, 0.15) is 73.9 Å². The number of carbonyl (C=O) groups is 1. The quantitative estimate of drug-likeness (QED) is 0.501. The Hall–Kier alpha value is -2.11. The second kappa shape index (κ2) is 7.74. The van der Waals surface area contributed by atoms with E-state index in [0.717, 1.165) is 9.71 Å². The summed E-state index contributed by atoms with van der Waals surface area (Å²) in [4.78, 5) is 21.9. The number of benzene rings is 1. The lowest BCUT2D eigenvalue weighted by molar-refractivity contribution is -0.137. The Kier molecular flexibility index (Phi) is 5.25. The van der Waals surface area contributed by atoms with Gasteiger partial charge in [-0.05, 0) is 95.2 Å². The van der Waals surface area contributed by atoms with Gasteiger partial charge in [0.25, 0.3) is 0 Å². The summed E-state index contributed by atoms with van der Waals surface area (Å²) in [6.07, 6.45) is 4.70. The van der Waals surface area contributed by atoms with Crippen molar-refractivity contribution < 1.29 is 4.79 Å². The number of aromatic nitrogens is 1. The number of nitrogens with zero attached hydrogens (tertiary/aromatic N) is 1. The standard InChI is InChI=1S/C27H35N3OS/c1-15-10-16(2)12-18(11-15)24-23(17(3)14-28)21-13-22(32-25(21)29-24)27(4,5)26(31)30-19-6-7-20(30)9-8-19/h10-13,17,19-20,29H,6-9,14,28H2,1-5H3/t17-,19?,20?/m1/s1. The molecule has 0 aliphatic carbocycles. The van der Waals surface area contributed by atoms with Gasteiger partial charge in [0.05, 0.1) is 11.1 Å². The highest BCUT2D eigenvalue weighted by molar-refractivity contribution is 7.19. The van der Waals surface area contributed by atoms with Crippen molar-refractivity contribution in [2.75, 3.05) is 6.54 Å². The van der Waals surface area contributed by atoms with Crippen LogP contribution in [0, 0.1) is 13.8 Å². The number of thiophene rings is 1. The van der Waals surface area contributed by atoms with Crippen LogP contribution in [-0.2, 0) is 10.2 Å². The third-order valence-corrected chi connectivity index (χ3v) is 9.10. The molecule has 0 radical (unpaired) electrons. The second-order valence-electron chi connectivity index (χ2n) is 10.6. The lowest BCUT2D eigenvalue weighted by Gasteiger charge is -2.31. The molecule has 170 valence electrons. The van der Waals surface area contributed by atoms with Crippen LogP contribution in [0.2, 0.25) is 0 Å². The molecule has 2 aromatic heterocycles. The van der Waals surface area contributed by atoms with Crippen molar-refractivity contribution in [1.29, 1.82) is 0 Å². The number of aromatic amines is 1. The highest BCUT2D eigenvalue weighted by atomic mass is 32.1. The maximum atomic E-state index is 13.7. The Morgan fingerprint density at radius 1 is 1.12 bits per heavy atom. The molecule has 2 fully saturated rings. The largest absolute Gasteiger partial charge is 0.346 e. The van der Waals surface area contributed by atoms with Crippen molar-refractivity contribution in [3.63, 3.8) is 0 Å². The van der Waals surface area contributed by atoms with E-state index in [1.807, 2.05) is 0 Å². The first kappa shape index (κ1) is 21.7. The van der Waals surface area contributed by atoms with E-state index in [0.29, 0.717) is 24.5 Å². The van der Waals surface area contributed by atoms with E-state index in [-0.39, 0.29) is 5.92 Å². The molecule has 1 amide bonds. The molecular formula is C27H35N3OS. The Morgan fingerprint density at radius 3 is 2.28 bits per heavy atom. The van der Waals surface area contributed by atoms with Crippen LogP contribution in [0.25, 0.3) is 21.5 Å². The number of amides is 1. The molecule has 3 N–H and O–H groups in total. The normalized spacial score (nSPS) is 21.6. The fraction of sp³-hybridized carbons (Fsp3) is 0.519. The molecule has 4 heterocycles. The Labute approximate surface area is 195 Å². The first-order valence-electron chi connectivity index (χ1n) is 12.0. The summed E-state index contributed by atoms with van der Waals surface area (Å²) in [5.74, 6) is 0.532. The van der Waals surface area contributed by atoms with Gasteiger partial charge < -0.3 is 15.6 Å². The van der Waals surface area contributed by atoms with Crippen LogP contribution < -0.4 is 5.73 Å². The van der Waals surface area contributed by atoms with Crippen LogP contribution >= 0.6 is 11.3 Å². The zero-order valence-corrected chi connectivity index (χ0v) is 20.7. The predicted molar refractivity (Wildman–Crippen MR) is 134 cm³/mol. The average molecular weight is 450 g/mol. The van der Waals surface area contributed by atoms with Crippen molar-refractivity contribution in [3.05, 3.63) is 45.8 Å². The number of carbonyl (C=O) groups excluding carboxylic acids is 1. The SMILES string of the molecule is Cc1cc(C)cc(-c2[nH]c3sc(C(C)(C)C(=O)N4C5CCC4CC5)cc3c2[C@H](C)CN)c1. The van der Waals surface area contributed by atoms with Crippen LogP contribution in [0.3, 0.4) is 0 Å². The van der Waals surface area contributed by atoms with E-state index < -0.39 is 5.41 Å². The van der Waals surface area contributed by atoms with Gasteiger partial charge in [0.1, 0.15) is 4.83 Å². The van der Waals surface area contributed by atoms with Gasteiger partial charge >= 0.3 is 0 Å². The number of nitrogens with one attached hydrogen (secondary N) is 1. The maximum Gasteiger partial charge on any atom is 0.233 e. The minimum Gasteiger partial charge on any atom is -0.346 e. The Morgan fingerprint density at radius 2 is 1.72 bits per heavy atom. The molecule has 2 aliphatic rings. The molecule has 0 spiro atoms. The van der Waals surface area contributed by atoms with E-state index >= 15 is 0 Å². The van der Waals surface area contributed by atoms with E-state index in [4.69, 9.17) is 5.73 Å². The fourth-order valence-corrected chi connectivity index (χ4v) is 7.13. The summed E-state index contributed by atoms with van der Waals surface area (Å²) >= 11 is 1.74. The third-order valence-electron chi connectivity index (χ3n) is 7.73. The first-order valence-corrected chi connectivity index (χ1v) is 12.8. The van der Waals surface area contributed by atoms with Gasteiger partial charge in [-0.2, -0.15) is 0 Å². The summed E-state index contributed by atoms with van der Waals surface area (Å²) in [5.41, 5.74) is 11.8. The molecule has 0 unspecified atom stereocenters. The van der Waals surface area contributed by atoms with Crippen LogP contribution in [0.5, 0.6) is 0 Å². The van der Waals surface area contributed by atoms with Crippen LogP contribution in [-0.4, -0.2) is 34.4 Å². The predicted octanol–water partition coefficient (Wildman–Crippen LogP) is 6.01. The van der Waals surface area contributed by atoms with Crippen molar-refractivity contribution in [3.8, 4) is 11.3 Å².